The van der Waals surface area contributed by atoms with Crippen molar-refractivity contribution >= 4 is 17.6 Å². The SMILES string of the molecule is O=C1C=Cc2ccc3c4c2C1C=CC4C(=O)c1ccccc1-3. The van der Waals surface area contributed by atoms with Crippen LogP contribution in [-0.2, 0) is 4.79 Å². The van der Waals surface area contributed by atoms with Crippen LogP contribution in [0.4, 0.5) is 0 Å². The minimum atomic E-state index is -0.254. The van der Waals surface area contributed by atoms with E-state index in [4.69, 9.17) is 0 Å². The van der Waals surface area contributed by atoms with Crippen molar-refractivity contribution in [2.45, 2.75) is 11.8 Å². The highest BCUT2D eigenvalue weighted by Gasteiger charge is 2.39. The zero-order valence-corrected chi connectivity index (χ0v) is 11.7. The molecule has 2 aromatic carbocycles. The van der Waals surface area contributed by atoms with Gasteiger partial charge in [-0.15, -0.1) is 0 Å². The third-order valence-electron chi connectivity index (χ3n) is 4.94. The molecule has 0 aromatic heterocycles. The predicted molar refractivity (Wildman–Crippen MR) is 84.9 cm³/mol. The van der Waals surface area contributed by atoms with Gasteiger partial charge in [-0.3, -0.25) is 9.59 Å². The summed E-state index contributed by atoms with van der Waals surface area (Å²) in [7, 11) is 0. The minimum Gasteiger partial charge on any atom is -0.294 e. The highest BCUT2D eigenvalue weighted by atomic mass is 16.1. The predicted octanol–water partition coefficient (Wildman–Crippen LogP) is 3.88. The van der Waals surface area contributed by atoms with E-state index in [1.54, 1.807) is 6.08 Å². The average molecular weight is 284 g/mol. The molecule has 5 rings (SSSR count). The standard InChI is InChI=1S/C20H12O2/c21-17-10-6-11-5-7-13-12-3-1-2-4-14(12)20(22)16-9-8-15(17)18(11)19(13)16/h1-10,15-16H. The van der Waals surface area contributed by atoms with E-state index in [0.717, 1.165) is 33.4 Å². The number of rotatable bonds is 0. The summed E-state index contributed by atoms with van der Waals surface area (Å²) in [4.78, 5) is 25.1. The number of benzene rings is 2. The van der Waals surface area contributed by atoms with E-state index >= 15 is 0 Å². The molecule has 0 N–H and O–H groups in total. The highest BCUT2D eigenvalue weighted by Crippen LogP contribution is 2.49. The number of hydrogen-bond acceptors (Lipinski definition) is 2. The first-order valence-electron chi connectivity index (χ1n) is 7.46. The van der Waals surface area contributed by atoms with Crippen LogP contribution in [0.3, 0.4) is 0 Å². The highest BCUT2D eigenvalue weighted by molar-refractivity contribution is 6.14. The van der Waals surface area contributed by atoms with Crippen LogP contribution in [0.1, 0.15) is 38.9 Å². The summed E-state index contributed by atoms with van der Waals surface area (Å²) in [6.07, 6.45) is 7.33. The van der Waals surface area contributed by atoms with E-state index in [1.165, 1.54) is 0 Å². The summed E-state index contributed by atoms with van der Waals surface area (Å²) in [5, 5.41) is 0. The smallest absolute Gasteiger partial charge is 0.174 e. The molecule has 0 saturated heterocycles. The zero-order valence-electron chi connectivity index (χ0n) is 11.7. The fourth-order valence-corrected chi connectivity index (χ4v) is 3.96. The Bertz CT molecular complexity index is 931. The number of fused-ring (bicyclic) bond motifs is 2. The zero-order chi connectivity index (χ0) is 14.8. The van der Waals surface area contributed by atoms with Crippen molar-refractivity contribution < 1.29 is 9.59 Å². The fourth-order valence-electron chi connectivity index (χ4n) is 3.96. The Morgan fingerprint density at radius 1 is 0.682 bits per heavy atom. The summed E-state index contributed by atoms with van der Waals surface area (Å²) in [5.74, 6) is -0.255. The number of carbonyl (C=O) groups excluding carboxylic acids is 2. The molecule has 2 heteroatoms. The van der Waals surface area contributed by atoms with Gasteiger partial charge >= 0.3 is 0 Å². The normalized spacial score (nSPS) is 23.3. The molecule has 0 bridgehead atoms. The van der Waals surface area contributed by atoms with Crippen LogP contribution < -0.4 is 0 Å². The summed E-state index contributed by atoms with van der Waals surface area (Å²) < 4.78 is 0. The average Bonchev–Trinajstić information content (AvgIpc) is 2.57. The maximum absolute atomic E-state index is 12.8. The number of Topliss-reactive ketones (excluding diaryl/α,β-unsaturated/α-hetero) is 1. The lowest BCUT2D eigenvalue weighted by atomic mass is 9.67. The van der Waals surface area contributed by atoms with Gasteiger partial charge in [0.15, 0.2) is 11.6 Å². The van der Waals surface area contributed by atoms with Crippen molar-refractivity contribution in [3.05, 3.63) is 76.9 Å². The van der Waals surface area contributed by atoms with Gasteiger partial charge in [-0.2, -0.15) is 0 Å². The Morgan fingerprint density at radius 3 is 2.32 bits per heavy atom. The maximum Gasteiger partial charge on any atom is 0.174 e. The van der Waals surface area contributed by atoms with Gasteiger partial charge in [0.2, 0.25) is 0 Å². The molecule has 0 spiro atoms. The van der Waals surface area contributed by atoms with Crippen molar-refractivity contribution in [1.29, 1.82) is 0 Å². The number of hydrogen-bond donors (Lipinski definition) is 0. The summed E-state index contributed by atoms with van der Waals surface area (Å²) >= 11 is 0. The minimum absolute atomic E-state index is 0.0990. The summed E-state index contributed by atoms with van der Waals surface area (Å²) in [6, 6.07) is 11.9. The molecule has 2 nitrogen and oxygen atoms in total. The van der Waals surface area contributed by atoms with Gasteiger partial charge in [-0.05, 0) is 33.9 Å². The third kappa shape index (κ3) is 1.30. The van der Waals surface area contributed by atoms with Gasteiger partial charge in [-0.25, -0.2) is 0 Å². The fraction of sp³-hybridized carbons (Fsp3) is 0.100. The van der Waals surface area contributed by atoms with Crippen molar-refractivity contribution in [3.8, 4) is 11.1 Å². The molecule has 0 heterocycles. The topological polar surface area (TPSA) is 34.1 Å². The van der Waals surface area contributed by atoms with Gasteiger partial charge in [-0.1, -0.05) is 54.6 Å². The lowest BCUT2D eigenvalue weighted by Gasteiger charge is -2.34. The van der Waals surface area contributed by atoms with Crippen LogP contribution in [-0.4, -0.2) is 11.6 Å². The molecule has 2 atom stereocenters. The quantitative estimate of drug-likeness (QED) is 0.688. The Kier molecular flexibility index (Phi) is 2.11. The molecule has 3 aliphatic rings. The third-order valence-corrected chi connectivity index (χ3v) is 4.94. The second kappa shape index (κ2) is 3.92. The van der Waals surface area contributed by atoms with Crippen LogP contribution in [0.15, 0.2) is 54.6 Å². The Balaban J connectivity index is 1.93. The monoisotopic (exact) mass is 284 g/mol. The van der Waals surface area contributed by atoms with E-state index in [2.05, 4.69) is 12.1 Å². The molecule has 0 fully saturated rings. The Labute approximate surface area is 127 Å². The Hall–Kier alpha value is -2.74. The molecule has 2 aromatic rings. The molecule has 0 saturated carbocycles. The second-order valence-electron chi connectivity index (χ2n) is 6.02. The van der Waals surface area contributed by atoms with Gasteiger partial charge in [0.05, 0.1) is 11.8 Å². The maximum atomic E-state index is 12.8. The van der Waals surface area contributed by atoms with Crippen LogP contribution in [0.25, 0.3) is 17.2 Å². The van der Waals surface area contributed by atoms with E-state index in [-0.39, 0.29) is 23.4 Å². The first kappa shape index (κ1) is 11.9. The summed E-state index contributed by atoms with van der Waals surface area (Å²) in [5.41, 5.74) is 5.98. The number of ketones is 2. The van der Waals surface area contributed by atoms with Crippen molar-refractivity contribution in [2.24, 2.45) is 0 Å². The van der Waals surface area contributed by atoms with Crippen LogP contribution >= 0.6 is 0 Å². The van der Waals surface area contributed by atoms with E-state index < -0.39 is 0 Å². The number of allylic oxidation sites excluding steroid dienone is 3. The lowest BCUT2D eigenvalue weighted by molar-refractivity contribution is -0.115. The molecule has 22 heavy (non-hydrogen) atoms. The molecule has 0 radical (unpaired) electrons. The molecular formula is C20H12O2. The van der Waals surface area contributed by atoms with E-state index in [1.807, 2.05) is 42.5 Å². The number of carbonyl (C=O) groups is 2. The molecule has 104 valence electrons. The van der Waals surface area contributed by atoms with Crippen LogP contribution in [0.5, 0.6) is 0 Å². The molecule has 0 amide bonds. The largest absolute Gasteiger partial charge is 0.294 e. The molecular weight excluding hydrogens is 272 g/mol. The second-order valence-corrected chi connectivity index (χ2v) is 6.02. The van der Waals surface area contributed by atoms with E-state index in [0.29, 0.717) is 0 Å². The van der Waals surface area contributed by atoms with Crippen molar-refractivity contribution in [1.82, 2.24) is 0 Å². The van der Waals surface area contributed by atoms with Gasteiger partial charge in [0.1, 0.15) is 0 Å². The van der Waals surface area contributed by atoms with Crippen molar-refractivity contribution in [3.63, 3.8) is 0 Å². The molecule has 3 aliphatic carbocycles. The van der Waals surface area contributed by atoms with Gasteiger partial charge in [0, 0.05) is 5.56 Å². The molecule has 0 aliphatic heterocycles. The lowest BCUT2D eigenvalue weighted by Crippen LogP contribution is -2.27. The first-order valence-corrected chi connectivity index (χ1v) is 7.46. The van der Waals surface area contributed by atoms with Crippen molar-refractivity contribution in [2.75, 3.05) is 0 Å². The molecule has 2 unspecified atom stereocenters. The van der Waals surface area contributed by atoms with Gasteiger partial charge < -0.3 is 0 Å². The first-order chi connectivity index (χ1) is 10.8. The van der Waals surface area contributed by atoms with Crippen LogP contribution in [0, 0.1) is 0 Å². The summed E-state index contributed by atoms with van der Waals surface area (Å²) in [6.45, 7) is 0. The van der Waals surface area contributed by atoms with Gasteiger partial charge in [0.25, 0.3) is 0 Å². The Morgan fingerprint density at radius 2 is 1.45 bits per heavy atom. The van der Waals surface area contributed by atoms with E-state index in [9.17, 15) is 9.59 Å². The van der Waals surface area contributed by atoms with Crippen LogP contribution in [0.2, 0.25) is 0 Å².